The molecule has 8 heteroatoms. The molecule has 1 amide bonds. The number of nitrogens with zero attached hydrogens (tertiary/aromatic N) is 1. The van der Waals surface area contributed by atoms with E-state index < -0.39 is 5.97 Å². The maximum atomic E-state index is 12.6. The van der Waals surface area contributed by atoms with Crippen LogP contribution in [0.15, 0.2) is 48.5 Å². The molecular weight excluding hydrogens is 432 g/mol. The lowest BCUT2D eigenvalue weighted by Crippen LogP contribution is -2.42. The number of nitrogens with one attached hydrogen (secondary N) is 1. The Hall–Kier alpha value is -3.06. The third kappa shape index (κ3) is 6.47. The Kier molecular flexibility index (Phi) is 8.50. The van der Waals surface area contributed by atoms with Crippen molar-refractivity contribution in [3.05, 3.63) is 64.7 Å². The van der Waals surface area contributed by atoms with E-state index in [1.807, 2.05) is 30.3 Å². The molecule has 1 heterocycles. The number of rotatable bonds is 8. The lowest BCUT2D eigenvalue weighted by molar-refractivity contribution is -0.149. The van der Waals surface area contributed by atoms with Gasteiger partial charge in [-0.1, -0.05) is 35.9 Å². The monoisotopic (exact) mass is 458 g/mol. The maximum absolute atomic E-state index is 12.6. The zero-order valence-corrected chi connectivity index (χ0v) is 18.8. The van der Waals surface area contributed by atoms with E-state index in [9.17, 15) is 14.4 Å². The summed E-state index contributed by atoms with van der Waals surface area (Å²) >= 11 is 5.91. The Morgan fingerprint density at radius 1 is 1.06 bits per heavy atom. The highest BCUT2D eigenvalue weighted by molar-refractivity contribution is 6.30. The minimum atomic E-state index is -0.558. The fourth-order valence-corrected chi connectivity index (χ4v) is 3.76. The normalized spacial score (nSPS) is 14.0. The summed E-state index contributed by atoms with van der Waals surface area (Å²) < 4.78 is 10.0. The number of para-hydroxylation sites is 1. The van der Waals surface area contributed by atoms with E-state index in [1.165, 1.54) is 7.11 Å². The van der Waals surface area contributed by atoms with Gasteiger partial charge in [0, 0.05) is 30.3 Å². The van der Waals surface area contributed by atoms with Gasteiger partial charge in [-0.15, -0.1) is 0 Å². The Morgan fingerprint density at radius 3 is 2.44 bits per heavy atom. The minimum Gasteiger partial charge on any atom is -0.469 e. The molecule has 170 valence electrons. The number of ether oxygens (including phenoxy) is 2. The summed E-state index contributed by atoms with van der Waals surface area (Å²) in [5, 5.41) is 3.95. The van der Waals surface area contributed by atoms with Gasteiger partial charge in [0.05, 0.1) is 18.6 Å². The summed E-state index contributed by atoms with van der Waals surface area (Å²) in [6.45, 7) is 1.18. The fourth-order valence-electron chi connectivity index (χ4n) is 3.64. The topological polar surface area (TPSA) is 84.9 Å². The van der Waals surface area contributed by atoms with Crippen LogP contribution in [0.1, 0.15) is 28.8 Å². The highest BCUT2D eigenvalue weighted by Crippen LogP contribution is 2.20. The zero-order chi connectivity index (χ0) is 22.9. The van der Waals surface area contributed by atoms with E-state index in [0.29, 0.717) is 48.7 Å². The van der Waals surface area contributed by atoms with Gasteiger partial charge in [0.25, 0.3) is 5.91 Å². The van der Waals surface area contributed by atoms with Gasteiger partial charge in [-0.25, -0.2) is 4.79 Å². The van der Waals surface area contributed by atoms with Crippen LogP contribution in [-0.4, -0.2) is 56.1 Å². The first-order valence-corrected chi connectivity index (χ1v) is 11.0. The summed E-state index contributed by atoms with van der Waals surface area (Å²) in [7, 11) is 1.36. The molecule has 0 aromatic heterocycles. The quantitative estimate of drug-likeness (QED) is 0.609. The molecule has 0 radical (unpaired) electrons. The minimum absolute atomic E-state index is 0.183. The van der Waals surface area contributed by atoms with Crippen molar-refractivity contribution in [2.75, 3.05) is 38.7 Å². The van der Waals surface area contributed by atoms with E-state index in [2.05, 4.69) is 5.32 Å². The number of benzene rings is 2. The Bertz CT molecular complexity index is 940. The van der Waals surface area contributed by atoms with Crippen LogP contribution in [0.25, 0.3) is 0 Å². The highest BCUT2D eigenvalue weighted by Gasteiger charge is 2.28. The first-order chi connectivity index (χ1) is 15.5. The third-order valence-electron chi connectivity index (χ3n) is 5.50. The first kappa shape index (κ1) is 23.6. The summed E-state index contributed by atoms with van der Waals surface area (Å²) in [6, 6.07) is 14.7. The number of anilines is 1. The van der Waals surface area contributed by atoms with Crippen molar-refractivity contribution in [2.45, 2.75) is 19.3 Å². The number of esters is 2. The van der Waals surface area contributed by atoms with Gasteiger partial charge < -0.3 is 19.7 Å². The van der Waals surface area contributed by atoms with Crippen molar-refractivity contribution in [1.82, 2.24) is 4.90 Å². The predicted molar refractivity (Wildman–Crippen MR) is 122 cm³/mol. The van der Waals surface area contributed by atoms with Crippen molar-refractivity contribution >= 4 is 35.1 Å². The van der Waals surface area contributed by atoms with Crippen LogP contribution >= 0.6 is 11.6 Å². The third-order valence-corrected chi connectivity index (χ3v) is 5.75. The van der Waals surface area contributed by atoms with Gasteiger partial charge in [-0.05, 0) is 49.1 Å². The van der Waals surface area contributed by atoms with Gasteiger partial charge in [0.15, 0.2) is 6.61 Å². The molecule has 0 unspecified atom stereocenters. The van der Waals surface area contributed by atoms with Gasteiger partial charge in [-0.2, -0.15) is 0 Å². The van der Waals surface area contributed by atoms with Crippen molar-refractivity contribution in [3.63, 3.8) is 0 Å². The van der Waals surface area contributed by atoms with Crippen molar-refractivity contribution < 1.29 is 23.9 Å². The number of carbonyl (C=O) groups excluding carboxylic acids is 3. The van der Waals surface area contributed by atoms with E-state index >= 15 is 0 Å². The molecule has 1 N–H and O–H groups in total. The molecule has 0 bridgehead atoms. The standard InChI is InChI=1S/C24H27ClN2O5/c1-31-23(29)18-11-14-27(15-12-18)22(28)16-32-24(30)20-4-2-3-5-21(20)26-13-10-17-6-8-19(25)9-7-17/h2-9,18,26H,10-16H2,1H3. The van der Waals surface area contributed by atoms with Crippen LogP contribution in [0.4, 0.5) is 5.69 Å². The molecular formula is C24H27ClN2O5. The summed E-state index contributed by atoms with van der Waals surface area (Å²) in [4.78, 5) is 38.2. The number of carbonyl (C=O) groups is 3. The average Bonchev–Trinajstić information content (AvgIpc) is 2.83. The highest BCUT2D eigenvalue weighted by atomic mass is 35.5. The van der Waals surface area contributed by atoms with Gasteiger partial charge in [0.2, 0.25) is 0 Å². The predicted octanol–water partition coefficient (Wildman–Crippen LogP) is 3.56. The number of hydrogen-bond acceptors (Lipinski definition) is 6. The van der Waals surface area contributed by atoms with Crippen LogP contribution < -0.4 is 5.32 Å². The maximum Gasteiger partial charge on any atom is 0.340 e. The average molecular weight is 459 g/mol. The van der Waals surface area contributed by atoms with Crippen LogP contribution in [-0.2, 0) is 25.5 Å². The molecule has 1 saturated heterocycles. The second-order valence-corrected chi connectivity index (χ2v) is 8.04. The molecule has 0 spiro atoms. The Balaban J connectivity index is 1.48. The number of piperidine rings is 1. The molecule has 1 aliphatic heterocycles. The number of methoxy groups -OCH3 is 1. The lowest BCUT2D eigenvalue weighted by atomic mass is 9.97. The van der Waals surface area contributed by atoms with Gasteiger partial charge >= 0.3 is 11.9 Å². The first-order valence-electron chi connectivity index (χ1n) is 10.6. The van der Waals surface area contributed by atoms with Crippen molar-refractivity contribution in [1.29, 1.82) is 0 Å². The SMILES string of the molecule is COC(=O)C1CCN(C(=O)COC(=O)c2ccccc2NCCc2ccc(Cl)cc2)CC1. The second-order valence-electron chi connectivity index (χ2n) is 7.60. The van der Waals surface area contributed by atoms with Crippen molar-refractivity contribution in [2.24, 2.45) is 5.92 Å². The van der Waals surface area contributed by atoms with Gasteiger partial charge in [0.1, 0.15) is 0 Å². The molecule has 0 saturated carbocycles. The van der Waals surface area contributed by atoms with E-state index in [0.717, 1.165) is 12.0 Å². The summed E-state index contributed by atoms with van der Waals surface area (Å²) in [6.07, 6.45) is 1.86. The molecule has 7 nitrogen and oxygen atoms in total. The summed E-state index contributed by atoms with van der Waals surface area (Å²) in [5.41, 5.74) is 2.15. The Labute approximate surface area is 192 Å². The molecule has 2 aromatic carbocycles. The van der Waals surface area contributed by atoms with Crippen molar-refractivity contribution in [3.8, 4) is 0 Å². The molecule has 0 aliphatic carbocycles. The molecule has 2 aromatic rings. The van der Waals surface area contributed by atoms with Crippen LogP contribution in [0.5, 0.6) is 0 Å². The van der Waals surface area contributed by atoms with E-state index in [1.54, 1.807) is 23.1 Å². The largest absolute Gasteiger partial charge is 0.469 e. The second kappa shape index (κ2) is 11.5. The zero-order valence-electron chi connectivity index (χ0n) is 18.0. The van der Waals surface area contributed by atoms with Crippen LogP contribution in [0.2, 0.25) is 5.02 Å². The van der Waals surface area contributed by atoms with Crippen LogP contribution in [0.3, 0.4) is 0 Å². The van der Waals surface area contributed by atoms with E-state index in [-0.39, 0.29) is 24.4 Å². The smallest absolute Gasteiger partial charge is 0.340 e. The Morgan fingerprint density at radius 2 is 1.75 bits per heavy atom. The van der Waals surface area contributed by atoms with Gasteiger partial charge in [-0.3, -0.25) is 9.59 Å². The number of amides is 1. The fraction of sp³-hybridized carbons (Fsp3) is 0.375. The van der Waals surface area contributed by atoms with Crippen LogP contribution in [0, 0.1) is 5.92 Å². The number of likely N-dealkylation sites (tertiary alicyclic amines) is 1. The molecule has 1 aliphatic rings. The molecule has 32 heavy (non-hydrogen) atoms. The molecule has 0 atom stereocenters. The number of halogens is 1. The lowest BCUT2D eigenvalue weighted by Gasteiger charge is -2.30. The molecule has 3 rings (SSSR count). The number of hydrogen-bond donors (Lipinski definition) is 1. The summed E-state index contributed by atoms with van der Waals surface area (Å²) in [5.74, 6) is -1.26. The van der Waals surface area contributed by atoms with E-state index in [4.69, 9.17) is 21.1 Å². The molecule has 1 fully saturated rings.